The summed E-state index contributed by atoms with van der Waals surface area (Å²) in [6, 6.07) is 11.4. The summed E-state index contributed by atoms with van der Waals surface area (Å²) in [7, 11) is 0. The van der Waals surface area contributed by atoms with E-state index in [2.05, 4.69) is 41.8 Å². The molecule has 144 valence electrons. The maximum Gasteiger partial charge on any atom is 0.325 e. The number of urea groups is 1. The number of rotatable bonds is 3. The SMILES string of the molecule is Cc1ccc2nc(NC(=O)Nc3ccc(-c4nc5[nH]ncc5[nH]4)c(C)c3)sc2c1. The smallest absolute Gasteiger partial charge is 0.325 e. The van der Waals surface area contributed by atoms with Crippen LogP contribution in [0.2, 0.25) is 0 Å². The van der Waals surface area contributed by atoms with Crippen molar-refractivity contribution in [1.29, 1.82) is 0 Å². The van der Waals surface area contributed by atoms with Gasteiger partial charge in [-0.3, -0.25) is 10.4 Å². The molecular weight excluding hydrogens is 386 g/mol. The third-order valence-corrected chi connectivity index (χ3v) is 5.53. The summed E-state index contributed by atoms with van der Waals surface area (Å²) in [6.45, 7) is 4.01. The lowest BCUT2D eigenvalue weighted by molar-refractivity contribution is 0.262. The molecule has 3 heterocycles. The second-order valence-electron chi connectivity index (χ2n) is 6.82. The van der Waals surface area contributed by atoms with E-state index >= 15 is 0 Å². The predicted molar refractivity (Wildman–Crippen MR) is 115 cm³/mol. The highest BCUT2D eigenvalue weighted by Gasteiger charge is 2.12. The van der Waals surface area contributed by atoms with Gasteiger partial charge in [0.1, 0.15) is 11.3 Å². The van der Waals surface area contributed by atoms with Crippen LogP contribution >= 0.6 is 11.3 Å². The van der Waals surface area contributed by atoms with Crippen LogP contribution in [0, 0.1) is 13.8 Å². The molecule has 3 aromatic heterocycles. The number of amides is 2. The maximum atomic E-state index is 12.4. The molecule has 0 fully saturated rings. The molecule has 0 unspecified atom stereocenters. The van der Waals surface area contributed by atoms with Crippen molar-refractivity contribution < 1.29 is 4.79 Å². The van der Waals surface area contributed by atoms with Gasteiger partial charge in [0.05, 0.1) is 16.4 Å². The minimum Gasteiger partial charge on any atom is -0.335 e. The number of nitrogens with zero attached hydrogens (tertiary/aromatic N) is 3. The molecule has 29 heavy (non-hydrogen) atoms. The van der Waals surface area contributed by atoms with Crippen LogP contribution in [-0.2, 0) is 0 Å². The monoisotopic (exact) mass is 403 g/mol. The highest BCUT2D eigenvalue weighted by atomic mass is 32.1. The lowest BCUT2D eigenvalue weighted by Gasteiger charge is -2.08. The van der Waals surface area contributed by atoms with Crippen LogP contribution in [0.25, 0.3) is 32.8 Å². The van der Waals surface area contributed by atoms with Crippen LogP contribution in [0.4, 0.5) is 15.6 Å². The molecule has 5 aromatic rings. The molecule has 0 aliphatic heterocycles. The third-order valence-electron chi connectivity index (χ3n) is 4.60. The maximum absolute atomic E-state index is 12.4. The molecule has 2 amide bonds. The summed E-state index contributed by atoms with van der Waals surface area (Å²) in [6.07, 6.45) is 1.70. The number of aromatic nitrogens is 5. The topological polar surface area (TPSA) is 111 Å². The summed E-state index contributed by atoms with van der Waals surface area (Å²) in [5.74, 6) is 0.756. The highest BCUT2D eigenvalue weighted by Crippen LogP contribution is 2.28. The van der Waals surface area contributed by atoms with E-state index in [1.54, 1.807) is 6.20 Å². The van der Waals surface area contributed by atoms with E-state index in [0.717, 1.165) is 38.2 Å². The van der Waals surface area contributed by atoms with Gasteiger partial charge in [-0.2, -0.15) is 5.10 Å². The molecule has 0 atom stereocenters. The molecule has 4 N–H and O–H groups in total. The van der Waals surface area contributed by atoms with Crippen molar-refractivity contribution in [3.63, 3.8) is 0 Å². The minimum absolute atomic E-state index is 0.328. The largest absolute Gasteiger partial charge is 0.335 e. The van der Waals surface area contributed by atoms with Gasteiger partial charge in [-0.25, -0.2) is 14.8 Å². The van der Waals surface area contributed by atoms with Crippen LogP contribution in [-0.4, -0.2) is 31.2 Å². The second-order valence-corrected chi connectivity index (χ2v) is 7.85. The van der Waals surface area contributed by atoms with Gasteiger partial charge >= 0.3 is 6.03 Å². The fourth-order valence-electron chi connectivity index (χ4n) is 3.20. The molecule has 2 aromatic carbocycles. The average Bonchev–Trinajstić information content (AvgIpc) is 3.35. The van der Waals surface area contributed by atoms with Crippen molar-refractivity contribution in [2.24, 2.45) is 0 Å². The molecule has 0 aliphatic rings. The number of nitrogens with one attached hydrogen (secondary N) is 4. The summed E-state index contributed by atoms with van der Waals surface area (Å²) < 4.78 is 1.05. The highest BCUT2D eigenvalue weighted by molar-refractivity contribution is 7.22. The number of anilines is 2. The Morgan fingerprint density at radius 1 is 1.07 bits per heavy atom. The van der Waals surface area contributed by atoms with Crippen LogP contribution < -0.4 is 10.6 Å². The lowest BCUT2D eigenvalue weighted by Crippen LogP contribution is -2.19. The molecule has 0 saturated heterocycles. The summed E-state index contributed by atoms with van der Waals surface area (Å²) >= 11 is 1.45. The van der Waals surface area contributed by atoms with Gasteiger partial charge in [-0.1, -0.05) is 17.4 Å². The molecule has 0 spiro atoms. The minimum atomic E-state index is -0.328. The number of aromatic amines is 2. The Balaban J connectivity index is 1.32. The lowest BCUT2D eigenvalue weighted by atomic mass is 10.1. The number of aryl methyl sites for hydroxylation is 2. The Hall–Kier alpha value is -3.72. The molecular formula is C20H17N7OS. The zero-order valence-corrected chi connectivity index (χ0v) is 16.5. The normalized spacial score (nSPS) is 11.2. The van der Waals surface area contributed by atoms with Crippen LogP contribution in [0.5, 0.6) is 0 Å². The Kier molecular flexibility index (Phi) is 4.02. The Labute approximate surface area is 169 Å². The zero-order valence-electron chi connectivity index (χ0n) is 15.7. The van der Waals surface area contributed by atoms with E-state index in [0.29, 0.717) is 16.5 Å². The number of hydrogen-bond donors (Lipinski definition) is 4. The number of benzene rings is 2. The van der Waals surface area contributed by atoms with E-state index < -0.39 is 0 Å². The Morgan fingerprint density at radius 2 is 1.97 bits per heavy atom. The fourth-order valence-corrected chi connectivity index (χ4v) is 4.16. The first-order chi connectivity index (χ1) is 14.0. The van der Waals surface area contributed by atoms with Crippen LogP contribution in [0.15, 0.2) is 42.6 Å². The quantitative estimate of drug-likeness (QED) is 0.346. The first-order valence-corrected chi connectivity index (χ1v) is 9.82. The van der Waals surface area contributed by atoms with Gasteiger partial charge in [0.2, 0.25) is 0 Å². The number of imidazole rings is 1. The van der Waals surface area contributed by atoms with Crippen molar-refractivity contribution in [1.82, 2.24) is 25.1 Å². The molecule has 0 aliphatic carbocycles. The van der Waals surface area contributed by atoms with Gasteiger partial charge < -0.3 is 10.3 Å². The molecule has 5 rings (SSSR count). The van der Waals surface area contributed by atoms with Crippen molar-refractivity contribution in [3.05, 3.63) is 53.7 Å². The van der Waals surface area contributed by atoms with E-state index in [4.69, 9.17) is 0 Å². The number of fused-ring (bicyclic) bond motifs is 2. The third kappa shape index (κ3) is 3.32. The van der Waals surface area contributed by atoms with Crippen molar-refractivity contribution >= 4 is 49.6 Å². The van der Waals surface area contributed by atoms with Gasteiger partial charge in [0.15, 0.2) is 10.8 Å². The van der Waals surface area contributed by atoms with Gasteiger partial charge in [-0.15, -0.1) is 0 Å². The predicted octanol–water partition coefficient (Wildman–Crippen LogP) is 4.82. The molecule has 9 heteroatoms. The average molecular weight is 403 g/mol. The van der Waals surface area contributed by atoms with E-state index in [1.165, 1.54) is 11.3 Å². The van der Waals surface area contributed by atoms with Crippen molar-refractivity contribution in [2.75, 3.05) is 10.6 Å². The zero-order chi connectivity index (χ0) is 20.0. The first kappa shape index (κ1) is 17.4. The fraction of sp³-hybridized carbons (Fsp3) is 0.100. The summed E-state index contributed by atoms with van der Waals surface area (Å²) in [4.78, 5) is 24.6. The second kappa shape index (κ2) is 6.71. The summed E-state index contributed by atoms with van der Waals surface area (Å²) in [5.41, 5.74) is 6.25. The first-order valence-electron chi connectivity index (χ1n) is 9.00. The Bertz CT molecular complexity index is 1340. The van der Waals surface area contributed by atoms with Crippen LogP contribution in [0.1, 0.15) is 11.1 Å². The van der Waals surface area contributed by atoms with E-state index in [1.807, 2.05) is 44.2 Å². The van der Waals surface area contributed by atoms with Gasteiger partial charge in [0.25, 0.3) is 0 Å². The number of hydrogen-bond acceptors (Lipinski definition) is 5. The van der Waals surface area contributed by atoms with Crippen LogP contribution in [0.3, 0.4) is 0 Å². The van der Waals surface area contributed by atoms with E-state index in [-0.39, 0.29) is 6.03 Å². The Morgan fingerprint density at radius 3 is 2.79 bits per heavy atom. The standard InChI is InChI=1S/C20H17N7OS/c1-10-3-6-14-16(7-10)29-20(24-14)26-19(28)22-12-4-5-13(11(2)8-12)17-23-15-9-21-27-18(15)25-17/h3-9H,1-2H3,(H2,21,23,25,27)(H2,22,24,26,28). The van der Waals surface area contributed by atoms with E-state index in [9.17, 15) is 4.79 Å². The number of thiazole rings is 1. The molecule has 0 saturated carbocycles. The van der Waals surface area contributed by atoms with Crippen molar-refractivity contribution in [3.8, 4) is 11.4 Å². The van der Waals surface area contributed by atoms with Crippen molar-refractivity contribution in [2.45, 2.75) is 13.8 Å². The number of carbonyl (C=O) groups is 1. The van der Waals surface area contributed by atoms with Gasteiger partial charge in [0, 0.05) is 11.3 Å². The number of carbonyl (C=O) groups excluding carboxylic acids is 1. The molecule has 0 bridgehead atoms. The van der Waals surface area contributed by atoms with Gasteiger partial charge in [-0.05, 0) is 55.3 Å². The summed E-state index contributed by atoms with van der Waals surface area (Å²) in [5, 5.41) is 13.0. The number of H-pyrrole nitrogens is 2. The molecule has 8 nitrogen and oxygen atoms in total. The molecule has 0 radical (unpaired) electrons.